The van der Waals surface area contributed by atoms with Crippen LogP contribution in [0.25, 0.3) is 0 Å². The van der Waals surface area contributed by atoms with Gasteiger partial charge in [0, 0.05) is 19.4 Å². The SMILES string of the molecule is Cn1ccnc1Oc1ccccc1N. The van der Waals surface area contributed by atoms with Gasteiger partial charge in [0.15, 0.2) is 5.75 Å². The summed E-state index contributed by atoms with van der Waals surface area (Å²) < 4.78 is 7.29. The van der Waals surface area contributed by atoms with Gasteiger partial charge >= 0.3 is 6.01 Å². The summed E-state index contributed by atoms with van der Waals surface area (Å²) in [7, 11) is 1.86. The number of aromatic nitrogens is 2. The van der Waals surface area contributed by atoms with E-state index < -0.39 is 0 Å². The molecular weight excluding hydrogens is 178 g/mol. The summed E-state index contributed by atoms with van der Waals surface area (Å²) >= 11 is 0. The molecule has 0 radical (unpaired) electrons. The second-order valence-corrected chi connectivity index (χ2v) is 2.96. The average molecular weight is 189 g/mol. The maximum Gasteiger partial charge on any atom is 0.301 e. The first-order chi connectivity index (χ1) is 6.77. The van der Waals surface area contributed by atoms with Crippen molar-refractivity contribution in [1.82, 2.24) is 9.55 Å². The van der Waals surface area contributed by atoms with E-state index >= 15 is 0 Å². The molecule has 1 aromatic heterocycles. The van der Waals surface area contributed by atoms with E-state index in [0.29, 0.717) is 17.4 Å². The lowest BCUT2D eigenvalue weighted by molar-refractivity contribution is 0.427. The molecule has 2 N–H and O–H groups in total. The zero-order chi connectivity index (χ0) is 9.97. The van der Waals surface area contributed by atoms with Crippen LogP contribution in [0.2, 0.25) is 0 Å². The maximum atomic E-state index is 5.73. The third-order valence-corrected chi connectivity index (χ3v) is 1.90. The molecule has 1 aromatic carbocycles. The Balaban J connectivity index is 2.28. The number of benzene rings is 1. The zero-order valence-electron chi connectivity index (χ0n) is 7.84. The molecule has 0 aliphatic rings. The molecule has 0 bridgehead atoms. The number of imidazole rings is 1. The summed E-state index contributed by atoms with van der Waals surface area (Å²) in [6.45, 7) is 0. The van der Waals surface area contributed by atoms with E-state index in [1.165, 1.54) is 0 Å². The summed E-state index contributed by atoms with van der Waals surface area (Å²) in [4.78, 5) is 4.04. The normalized spacial score (nSPS) is 10.1. The van der Waals surface area contributed by atoms with Gasteiger partial charge in [-0.25, -0.2) is 4.98 Å². The van der Waals surface area contributed by atoms with Crippen LogP contribution < -0.4 is 10.5 Å². The second kappa shape index (κ2) is 3.41. The van der Waals surface area contributed by atoms with E-state index in [1.807, 2.05) is 31.4 Å². The number of para-hydroxylation sites is 2. The molecule has 2 rings (SSSR count). The minimum Gasteiger partial charge on any atom is -0.423 e. The molecule has 0 aliphatic carbocycles. The number of anilines is 1. The standard InChI is InChI=1S/C10H11N3O/c1-13-7-6-12-10(13)14-9-5-3-2-4-8(9)11/h2-7H,11H2,1H3. The predicted octanol–water partition coefficient (Wildman–Crippen LogP) is 1.79. The smallest absolute Gasteiger partial charge is 0.301 e. The van der Waals surface area contributed by atoms with Crippen LogP contribution in [0.1, 0.15) is 0 Å². The van der Waals surface area contributed by atoms with Crippen molar-refractivity contribution in [3.63, 3.8) is 0 Å². The van der Waals surface area contributed by atoms with Crippen LogP contribution in [0.5, 0.6) is 11.8 Å². The maximum absolute atomic E-state index is 5.73. The molecule has 2 aromatic rings. The number of hydrogen-bond acceptors (Lipinski definition) is 3. The monoisotopic (exact) mass is 189 g/mol. The topological polar surface area (TPSA) is 53.1 Å². The Bertz CT molecular complexity index is 436. The van der Waals surface area contributed by atoms with Gasteiger partial charge in [-0.1, -0.05) is 12.1 Å². The first-order valence-electron chi connectivity index (χ1n) is 4.27. The molecule has 0 spiro atoms. The van der Waals surface area contributed by atoms with Crippen LogP contribution in [0.4, 0.5) is 5.69 Å². The van der Waals surface area contributed by atoms with Crippen LogP contribution in [-0.2, 0) is 7.05 Å². The van der Waals surface area contributed by atoms with Gasteiger partial charge in [0.2, 0.25) is 0 Å². The number of nitrogens with zero attached hydrogens (tertiary/aromatic N) is 2. The summed E-state index contributed by atoms with van der Waals surface area (Å²) in [6.07, 6.45) is 3.49. The van der Waals surface area contributed by atoms with Crippen molar-refractivity contribution >= 4 is 5.69 Å². The number of nitrogen functional groups attached to an aromatic ring is 1. The van der Waals surface area contributed by atoms with Gasteiger partial charge in [-0.15, -0.1) is 0 Å². The van der Waals surface area contributed by atoms with Gasteiger partial charge in [0.1, 0.15) is 0 Å². The lowest BCUT2D eigenvalue weighted by Gasteiger charge is -2.06. The van der Waals surface area contributed by atoms with Gasteiger partial charge in [0.05, 0.1) is 5.69 Å². The Kier molecular flexibility index (Phi) is 2.10. The molecule has 0 saturated heterocycles. The lowest BCUT2D eigenvalue weighted by Crippen LogP contribution is -1.96. The molecule has 4 nitrogen and oxygen atoms in total. The molecule has 0 saturated carbocycles. The van der Waals surface area contributed by atoms with E-state index in [1.54, 1.807) is 16.8 Å². The van der Waals surface area contributed by atoms with E-state index in [-0.39, 0.29) is 0 Å². The minimum atomic E-state index is 0.530. The molecule has 14 heavy (non-hydrogen) atoms. The van der Waals surface area contributed by atoms with Crippen LogP contribution in [0.3, 0.4) is 0 Å². The van der Waals surface area contributed by atoms with Crippen LogP contribution in [-0.4, -0.2) is 9.55 Å². The Morgan fingerprint density at radius 2 is 2.14 bits per heavy atom. The molecule has 1 heterocycles. The third kappa shape index (κ3) is 1.54. The quantitative estimate of drug-likeness (QED) is 0.733. The first kappa shape index (κ1) is 8.62. The van der Waals surface area contributed by atoms with E-state index in [2.05, 4.69) is 4.98 Å². The number of hydrogen-bond donors (Lipinski definition) is 1. The van der Waals surface area contributed by atoms with Crippen molar-refractivity contribution < 1.29 is 4.74 Å². The van der Waals surface area contributed by atoms with Crippen molar-refractivity contribution in [2.45, 2.75) is 0 Å². The number of nitrogens with two attached hydrogens (primary N) is 1. The molecule has 72 valence electrons. The Hall–Kier alpha value is -1.97. The predicted molar refractivity (Wildman–Crippen MR) is 54.1 cm³/mol. The fourth-order valence-electron chi connectivity index (χ4n) is 1.12. The second-order valence-electron chi connectivity index (χ2n) is 2.96. The molecule has 0 fully saturated rings. The average Bonchev–Trinajstić information content (AvgIpc) is 2.56. The van der Waals surface area contributed by atoms with Crippen LogP contribution in [0.15, 0.2) is 36.7 Å². The fourth-order valence-corrected chi connectivity index (χ4v) is 1.12. The van der Waals surface area contributed by atoms with Crippen LogP contribution >= 0.6 is 0 Å². The summed E-state index contributed by atoms with van der Waals surface area (Å²) in [6, 6.07) is 7.86. The van der Waals surface area contributed by atoms with E-state index in [4.69, 9.17) is 10.5 Å². The first-order valence-corrected chi connectivity index (χ1v) is 4.27. The number of ether oxygens (including phenoxy) is 1. The van der Waals surface area contributed by atoms with Gasteiger partial charge in [-0.2, -0.15) is 0 Å². The summed E-state index contributed by atoms with van der Waals surface area (Å²) in [5, 5.41) is 0. The fraction of sp³-hybridized carbons (Fsp3) is 0.100. The number of aryl methyl sites for hydroxylation is 1. The van der Waals surface area contributed by atoms with Crippen molar-refractivity contribution in [3.8, 4) is 11.8 Å². The summed E-state index contributed by atoms with van der Waals surface area (Å²) in [5.74, 6) is 0.627. The molecule has 0 aliphatic heterocycles. The Labute approximate surface area is 81.9 Å². The molecule has 0 unspecified atom stereocenters. The lowest BCUT2D eigenvalue weighted by atomic mass is 10.3. The van der Waals surface area contributed by atoms with Gasteiger partial charge in [-0.05, 0) is 12.1 Å². The highest BCUT2D eigenvalue weighted by Gasteiger charge is 2.03. The van der Waals surface area contributed by atoms with Crippen LogP contribution in [0, 0.1) is 0 Å². The summed E-state index contributed by atoms with van der Waals surface area (Å²) in [5.41, 5.74) is 6.33. The molecule has 0 atom stereocenters. The largest absolute Gasteiger partial charge is 0.423 e. The molecular formula is C10H11N3O. The molecule has 0 amide bonds. The van der Waals surface area contributed by atoms with E-state index in [0.717, 1.165) is 0 Å². The third-order valence-electron chi connectivity index (χ3n) is 1.90. The number of rotatable bonds is 2. The minimum absolute atomic E-state index is 0.530. The van der Waals surface area contributed by atoms with Crippen molar-refractivity contribution in [1.29, 1.82) is 0 Å². The highest BCUT2D eigenvalue weighted by molar-refractivity contribution is 5.52. The van der Waals surface area contributed by atoms with Crippen molar-refractivity contribution in [2.24, 2.45) is 7.05 Å². The van der Waals surface area contributed by atoms with E-state index in [9.17, 15) is 0 Å². The highest BCUT2D eigenvalue weighted by atomic mass is 16.5. The van der Waals surface area contributed by atoms with Gasteiger partial charge in [-0.3, -0.25) is 0 Å². The Morgan fingerprint density at radius 1 is 1.36 bits per heavy atom. The van der Waals surface area contributed by atoms with Crippen molar-refractivity contribution in [2.75, 3.05) is 5.73 Å². The molecule has 4 heteroatoms. The van der Waals surface area contributed by atoms with Crippen molar-refractivity contribution in [3.05, 3.63) is 36.7 Å². The highest BCUT2D eigenvalue weighted by Crippen LogP contribution is 2.24. The van der Waals surface area contributed by atoms with Gasteiger partial charge < -0.3 is 15.0 Å². The zero-order valence-corrected chi connectivity index (χ0v) is 7.84. The van der Waals surface area contributed by atoms with Gasteiger partial charge in [0.25, 0.3) is 0 Å². The Morgan fingerprint density at radius 3 is 2.79 bits per heavy atom.